The minimum absolute atomic E-state index is 0.542. The van der Waals surface area contributed by atoms with E-state index in [4.69, 9.17) is 0 Å². The molecule has 0 aromatic carbocycles. The van der Waals surface area contributed by atoms with Crippen LogP contribution in [0, 0.1) is 11.8 Å². The van der Waals surface area contributed by atoms with Crippen LogP contribution in [0.4, 0.5) is 0 Å². The molecule has 0 aliphatic heterocycles. The summed E-state index contributed by atoms with van der Waals surface area (Å²) in [5.41, 5.74) is 0.542. The second-order valence-electron chi connectivity index (χ2n) is 2.27. The van der Waals surface area contributed by atoms with Crippen molar-refractivity contribution in [2.24, 2.45) is 5.41 Å². The van der Waals surface area contributed by atoms with Crippen molar-refractivity contribution in [2.45, 2.75) is 26.7 Å². The van der Waals surface area contributed by atoms with Crippen LogP contribution in [-0.2, 0) is 0 Å². The predicted molar refractivity (Wildman–Crippen MR) is 26.3 cm³/mol. The lowest BCUT2D eigenvalue weighted by Crippen LogP contribution is -1.85. The van der Waals surface area contributed by atoms with Gasteiger partial charge in [0, 0.05) is 0 Å². The first-order chi connectivity index (χ1) is 2.77. The van der Waals surface area contributed by atoms with Gasteiger partial charge >= 0.3 is 0 Å². The fourth-order valence-electron chi connectivity index (χ4n) is 0.401. The highest BCUT2D eigenvalue weighted by molar-refractivity contribution is 5.05. The molecule has 2 radical (unpaired) electrons. The molecule has 0 aromatic rings. The summed E-state index contributed by atoms with van der Waals surface area (Å²) in [6.45, 7) is 4.45. The average Bonchev–Trinajstić information content (AvgIpc) is 2.22. The van der Waals surface area contributed by atoms with Crippen LogP contribution in [0.15, 0.2) is 0 Å². The first-order valence-corrected chi connectivity index (χ1v) is 2.52. The van der Waals surface area contributed by atoms with Crippen molar-refractivity contribution >= 4 is 0 Å². The third-order valence-corrected chi connectivity index (χ3v) is 1.56. The Labute approximate surface area is 39.6 Å². The molecule has 0 aromatic heterocycles. The van der Waals surface area contributed by atoms with E-state index in [1.807, 2.05) is 0 Å². The predicted octanol–water partition coefficient (Wildman–Crippen LogP) is 1.89. The monoisotopic (exact) mass is 82.1 g/mol. The second-order valence-corrected chi connectivity index (χ2v) is 2.27. The van der Waals surface area contributed by atoms with E-state index in [9.17, 15) is 0 Å². The van der Waals surface area contributed by atoms with Gasteiger partial charge in [0.25, 0.3) is 0 Å². The van der Waals surface area contributed by atoms with E-state index in [2.05, 4.69) is 20.3 Å². The van der Waals surface area contributed by atoms with E-state index in [1.54, 1.807) is 0 Å². The molecule has 6 heavy (non-hydrogen) atoms. The highest BCUT2D eigenvalue weighted by Crippen LogP contribution is 2.46. The zero-order valence-corrected chi connectivity index (χ0v) is 4.41. The molecular formula is C6H10. The molecule has 0 spiro atoms. The molecule has 0 amide bonds. The van der Waals surface area contributed by atoms with Gasteiger partial charge in [-0.05, 0) is 18.3 Å². The van der Waals surface area contributed by atoms with Gasteiger partial charge in [-0.2, -0.15) is 0 Å². The van der Waals surface area contributed by atoms with Crippen molar-refractivity contribution in [3.8, 4) is 0 Å². The molecule has 0 bridgehead atoms. The molecule has 0 nitrogen and oxygen atoms in total. The molecule has 0 heteroatoms. The second kappa shape index (κ2) is 0.988. The third kappa shape index (κ3) is 0.562. The number of hydrogen-bond donors (Lipinski definition) is 0. The largest absolute Gasteiger partial charge is 0.0648 e. The van der Waals surface area contributed by atoms with Gasteiger partial charge in [0.15, 0.2) is 0 Å². The molecule has 1 saturated carbocycles. The van der Waals surface area contributed by atoms with Gasteiger partial charge in [0.05, 0.1) is 0 Å². The molecule has 34 valence electrons. The fraction of sp³-hybridized carbons (Fsp3) is 0.833. The summed E-state index contributed by atoms with van der Waals surface area (Å²) in [7, 11) is 0. The molecule has 1 aliphatic rings. The Bertz CT molecular complexity index is 51.1. The van der Waals surface area contributed by atoms with Crippen LogP contribution in [0.1, 0.15) is 26.7 Å². The van der Waals surface area contributed by atoms with Crippen LogP contribution >= 0.6 is 0 Å². The SMILES string of the molecule is CCC1(C)[C]C1. The molecule has 0 heterocycles. The summed E-state index contributed by atoms with van der Waals surface area (Å²) >= 11 is 0. The maximum Gasteiger partial charge on any atom is -0.0103 e. The first-order valence-electron chi connectivity index (χ1n) is 2.52. The molecule has 1 fully saturated rings. The van der Waals surface area contributed by atoms with Gasteiger partial charge in [0.1, 0.15) is 0 Å². The molecule has 0 saturated heterocycles. The van der Waals surface area contributed by atoms with E-state index >= 15 is 0 Å². The zero-order chi connectivity index (χ0) is 4.62. The summed E-state index contributed by atoms with van der Waals surface area (Å²) in [5.74, 6) is 0. The maximum absolute atomic E-state index is 3.26. The van der Waals surface area contributed by atoms with Gasteiger partial charge in [0.2, 0.25) is 0 Å². The minimum Gasteiger partial charge on any atom is -0.0648 e. The third-order valence-electron chi connectivity index (χ3n) is 1.56. The Kier molecular flexibility index (Phi) is 0.686. The maximum atomic E-state index is 3.26. The molecular weight excluding hydrogens is 72.1 g/mol. The van der Waals surface area contributed by atoms with Crippen LogP contribution in [0.3, 0.4) is 0 Å². The van der Waals surface area contributed by atoms with Crippen LogP contribution in [0.5, 0.6) is 0 Å². The van der Waals surface area contributed by atoms with Crippen LogP contribution in [-0.4, -0.2) is 0 Å². The van der Waals surface area contributed by atoms with Gasteiger partial charge in [-0.1, -0.05) is 20.3 Å². The molecule has 1 rings (SSSR count). The summed E-state index contributed by atoms with van der Waals surface area (Å²) in [4.78, 5) is 0. The van der Waals surface area contributed by atoms with Crippen molar-refractivity contribution in [1.29, 1.82) is 0 Å². The molecule has 1 atom stereocenters. The van der Waals surface area contributed by atoms with Crippen molar-refractivity contribution in [1.82, 2.24) is 0 Å². The highest BCUT2D eigenvalue weighted by Gasteiger charge is 2.35. The first kappa shape index (κ1) is 4.17. The van der Waals surface area contributed by atoms with Crippen LogP contribution in [0.25, 0.3) is 0 Å². The van der Waals surface area contributed by atoms with E-state index in [1.165, 1.54) is 12.8 Å². The van der Waals surface area contributed by atoms with Gasteiger partial charge in [-0.3, -0.25) is 0 Å². The quantitative estimate of drug-likeness (QED) is 0.453. The van der Waals surface area contributed by atoms with Crippen molar-refractivity contribution in [3.05, 3.63) is 6.42 Å². The standard InChI is InChI=1S/C6H10/c1-3-6(2)4-5-6/h3-4H2,1-2H3. The van der Waals surface area contributed by atoms with Gasteiger partial charge in [-0.15, -0.1) is 0 Å². The van der Waals surface area contributed by atoms with Gasteiger partial charge in [-0.25, -0.2) is 0 Å². The zero-order valence-electron chi connectivity index (χ0n) is 4.41. The highest BCUT2D eigenvalue weighted by atomic mass is 14.4. The summed E-state index contributed by atoms with van der Waals surface area (Å²) in [5, 5.41) is 0. The lowest BCUT2D eigenvalue weighted by atomic mass is 10.1. The van der Waals surface area contributed by atoms with Crippen molar-refractivity contribution in [3.63, 3.8) is 0 Å². The van der Waals surface area contributed by atoms with Crippen molar-refractivity contribution in [2.75, 3.05) is 0 Å². The molecule has 0 N–H and O–H groups in total. The summed E-state index contributed by atoms with van der Waals surface area (Å²) < 4.78 is 0. The van der Waals surface area contributed by atoms with E-state index in [0.29, 0.717) is 5.41 Å². The molecule has 1 aliphatic carbocycles. The Balaban J connectivity index is 2.28. The van der Waals surface area contributed by atoms with E-state index in [0.717, 1.165) is 0 Å². The Morgan fingerprint density at radius 1 is 1.83 bits per heavy atom. The Morgan fingerprint density at radius 2 is 2.33 bits per heavy atom. The number of hydrogen-bond acceptors (Lipinski definition) is 0. The van der Waals surface area contributed by atoms with Crippen LogP contribution in [0.2, 0.25) is 0 Å². The van der Waals surface area contributed by atoms with E-state index in [-0.39, 0.29) is 0 Å². The normalized spacial score (nSPS) is 27.0. The van der Waals surface area contributed by atoms with Gasteiger partial charge < -0.3 is 0 Å². The minimum atomic E-state index is 0.542. The Hall–Kier alpha value is 0. The fourth-order valence-corrected chi connectivity index (χ4v) is 0.401. The summed E-state index contributed by atoms with van der Waals surface area (Å²) in [6.07, 6.45) is 5.76. The lowest BCUT2D eigenvalue weighted by molar-refractivity contribution is 0.578. The Morgan fingerprint density at radius 3 is 2.33 bits per heavy atom. The van der Waals surface area contributed by atoms with E-state index < -0.39 is 0 Å². The smallest absolute Gasteiger partial charge is 0.0103 e. The molecule has 1 unspecified atom stereocenters. The summed E-state index contributed by atoms with van der Waals surface area (Å²) in [6, 6.07) is 0. The van der Waals surface area contributed by atoms with Crippen LogP contribution < -0.4 is 0 Å². The van der Waals surface area contributed by atoms with Crippen molar-refractivity contribution < 1.29 is 0 Å². The number of rotatable bonds is 1. The topological polar surface area (TPSA) is 0 Å². The lowest BCUT2D eigenvalue weighted by Gasteiger charge is -1.96. The average molecular weight is 82.1 g/mol.